The van der Waals surface area contributed by atoms with Gasteiger partial charge in [0, 0.05) is 24.0 Å². The highest BCUT2D eigenvalue weighted by Crippen LogP contribution is 2.33. The molecule has 2 aliphatic heterocycles. The standard InChI is InChI=1S/C17H18N4O5S/c22-16(19-12-4-8-27(23,24)10-12)13-3-5-18-17(21-13)20-11-1-2-14-15(9-11)26-7-6-25-14/h1-3,5,9,12H,4,6-8,10H2,(H,19,22)(H,18,20,21). The van der Waals surface area contributed by atoms with E-state index in [0.29, 0.717) is 36.8 Å². The van der Waals surface area contributed by atoms with Gasteiger partial charge in [-0.05, 0) is 24.6 Å². The van der Waals surface area contributed by atoms with Crippen molar-refractivity contribution in [2.75, 3.05) is 30.0 Å². The predicted molar refractivity (Wildman–Crippen MR) is 97.3 cm³/mol. The average molecular weight is 390 g/mol. The summed E-state index contributed by atoms with van der Waals surface area (Å²) in [4.78, 5) is 20.7. The average Bonchev–Trinajstić information content (AvgIpc) is 3.00. The molecule has 9 nitrogen and oxygen atoms in total. The van der Waals surface area contributed by atoms with Crippen LogP contribution in [0.4, 0.5) is 11.6 Å². The summed E-state index contributed by atoms with van der Waals surface area (Å²) < 4.78 is 34.0. The molecule has 0 aliphatic carbocycles. The Balaban J connectivity index is 1.45. The van der Waals surface area contributed by atoms with Gasteiger partial charge in [0.05, 0.1) is 11.5 Å². The minimum Gasteiger partial charge on any atom is -0.486 e. The fraction of sp³-hybridized carbons (Fsp3) is 0.353. The van der Waals surface area contributed by atoms with Crippen LogP contribution in [0.1, 0.15) is 16.9 Å². The van der Waals surface area contributed by atoms with Gasteiger partial charge in [-0.1, -0.05) is 0 Å². The van der Waals surface area contributed by atoms with E-state index in [0.717, 1.165) is 0 Å². The molecule has 2 N–H and O–H groups in total. The number of anilines is 2. The number of rotatable bonds is 4. The van der Waals surface area contributed by atoms with Crippen LogP contribution in [0.5, 0.6) is 11.5 Å². The minimum absolute atomic E-state index is 0.0356. The SMILES string of the molecule is O=C(NC1CCS(=O)(=O)C1)c1ccnc(Nc2ccc3c(c2)OCCO3)n1. The van der Waals surface area contributed by atoms with Gasteiger partial charge in [0.25, 0.3) is 5.91 Å². The molecule has 2 aliphatic rings. The van der Waals surface area contributed by atoms with Crippen molar-refractivity contribution in [2.45, 2.75) is 12.5 Å². The summed E-state index contributed by atoms with van der Waals surface area (Å²) in [7, 11) is -3.06. The molecule has 0 radical (unpaired) electrons. The number of ether oxygens (including phenoxy) is 2. The summed E-state index contributed by atoms with van der Waals surface area (Å²) in [6, 6.07) is 6.45. The third kappa shape index (κ3) is 4.11. The van der Waals surface area contributed by atoms with Gasteiger partial charge < -0.3 is 20.1 Å². The van der Waals surface area contributed by atoms with E-state index in [1.54, 1.807) is 18.2 Å². The number of hydrogen-bond acceptors (Lipinski definition) is 8. The molecule has 27 heavy (non-hydrogen) atoms. The Morgan fingerprint density at radius 1 is 1.15 bits per heavy atom. The lowest BCUT2D eigenvalue weighted by Gasteiger charge is -2.19. The fourth-order valence-corrected chi connectivity index (χ4v) is 4.64. The summed E-state index contributed by atoms with van der Waals surface area (Å²) in [6.45, 7) is 1.00. The van der Waals surface area contributed by atoms with E-state index >= 15 is 0 Å². The van der Waals surface area contributed by atoms with Crippen LogP contribution in [0.2, 0.25) is 0 Å². The first kappa shape index (κ1) is 17.5. The minimum atomic E-state index is -3.06. The Morgan fingerprint density at radius 3 is 2.74 bits per heavy atom. The maximum absolute atomic E-state index is 12.3. The Labute approximate surface area is 156 Å². The third-order valence-electron chi connectivity index (χ3n) is 4.25. The number of carbonyl (C=O) groups is 1. The zero-order valence-corrected chi connectivity index (χ0v) is 15.2. The van der Waals surface area contributed by atoms with Gasteiger partial charge in [-0.2, -0.15) is 0 Å². The number of carbonyl (C=O) groups excluding carboxylic acids is 1. The number of sulfone groups is 1. The monoisotopic (exact) mass is 390 g/mol. The second-order valence-electron chi connectivity index (χ2n) is 6.32. The molecule has 2 aromatic rings. The summed E-state index contributed by atoms with van der Waals surface area (Å²) >= 11 is 0. The van der Waals surface area contributed by atoms with Gasteiger partial charge in [-0.3, -0.25) is 4.79 Å². The molecule has 1 aromatic carbocycles. The van der Waals surface area contributed by atoms with Crippen LogP contribution < -0.4 is 20.1 Å². The van der Waals surface area contributed by atoms with Crippen molar-refractivity contribution < 1.29 is 22.7 Å². The quantitative estimate of drug-likeness (QED) is 0.791. The molecule has 1 fully saturated rings. The number of benzene rings is 1. The highest BCUT2D eigenvalue weighted by atomic mass is 32.2. The summed E-state index contributed by atoms with van der Waals surface area (Å²) in [5, 5.41) is 5.73. The zero-order valence-electron chi connectivity index (χ0n) is 14.3. The Hall–Kier alpha value is -2.88. The van der Waals surface area contributed by atoms with Crippen molar-refractivity contribution in [3.05, 3.63) is 36.2 Å². The zero-order chi connectivity index (χ0) is 18.9. The smallest absolute Gasteiger partial charge is 0.270 e. The number of fused-ring (bicyclic) bond motifs is 1. The first-order valence-electron chi connectivity index (χ1n) is 8.49. The first-order valence-corrected chi connectivity index (χ1v) is 10.3. The summed E-state index contributed by atoms with van der Waals surface area (Å²) in [6.07, 6.45) is 1.88. The molecule has 10 heteroatoms. The number of hydrogen-bond donors (Lipinski definition) is 2. The molecule has 1 saturated heterocycles. The normalized spacial score (nSPS) is 20.1. The lowest BCUT2D eigenvalue weighted by Crippen LogP contribution is -2.36. The maximum Gasteiger partial charge on any atom is 0.270 e. The molecule has 0 saturated carbocycles. The Bertz CT molecular complexity index is 979. The van der Waals surface area contributed by atoms with Crippen molar-refractivity contribution in [3.63, 3.8) is 0 Å². The van der Waals surface area contributed by atoms with Gasteiger partial charge in [-0.25, -0.2) is 18.4 Å². The molecule has 4 rings (SSSR count). The highest BCUT2D eigenvalue weighted by Gasteiger charge is 2.29. The van der Waals surface area contributed by atoms with E-state index in [2.05, 4.69) is 20.6 Å². The topological polar surface area (TPSA) is 120 Å². The lowest BCUT2D eigenvalue weighted by atomic mass is 10.2. The van der Waals surface area contributed by atoms with Gasteiger partial charge in [0.15, 0.2) is 21.3 Å². The fourth-order valence-electron chi connectivity index (χ4n) is 2.96. The second-order valence-corrected chi connectivity index (χ2v) is 8.55. The third-order valence-corrected chi connectivity index (χ3v) is 6.02. The predicted octanol–water partition coefficient (Wildman–Crippen LogP) is 0.908. The molecular formula is C17H18N4O5S. The van der Waals surface area contributed by atoms with Crippen LogP contribution >= 0.6 is 0 Å². The van der Waals surface area contributed by atoms with Gasteiger partial charge in [0.1, 0.15) is 18.9 Å². The van der Waals surface area contributed by atoms with E-state index in [4.69, 9.17) is 9.47 Å². The van der Waals surface area contributed by atoms with Gasteiger partial charge in [-0.15, -0.1) is 0 Å². The second kappa shape index (κ2) is 7.03. The number of nitrogens with one attached hydrogen (secondary N) is 2. The van der Waals surface area contributed by atoms with Crippen molar-refractivity contribution >= 4 is 27.4 Å². The molecule has 1 amide bonds. The van der Waals surface area contributed by atoms with Crippen LogP contribution in [0.15, 0.2) is 30.5 Å². The molecule has 0 spiro atoms. The van der Waals surface area contributed by atoms with Gasteiger partial charge >= 0.3 is 0 Å². The molecule has 1 atom stereocenters. The lowest BCUT2D eigenvalue weighted by molar-refractivity contribution is 0.0936. The number of nitrogens with zero attached hydrogens (tertiary/aromatic N) is 2. The van der Waals surface area contributed by atoms with Crippen molar-refractivity contribution in [2.24, 2.45) is 0 Å². The highest BCUT2D eigenvalue weighted by molar-refractivity contribution is 7.91. The largest absolute Gasteiger partial charge is 0.486 e. The van der Waals surface area contributed by atoms with Crippen LogP contribution in [0.25, 0.3) is 0 Å². The van der Waals surface area contributed by atoms with Crippen LogP contribution in [-0.4, -0.2) is 55.1 Å². The molecule has 1 aromatic heterocycles. The van der Waals surface area contributed by atoms with Crippen molar-refractivity contribution in [1.82, 2.24) is 15.3 Å². The molecular weight excluding hydrogens is 372 g/mol. The first-order chi connectivity index (χ1) is 13.0. The van der Waals surface area contributed by atoms with E-state index in [1.165, 1.54) is 12.3 Å². The molecule has 1 unspecified atom stereocenters. The van der Waals surface area contributed by atoms with E-state index < -0.39 is 15.7 Å². The summed E-state index contributed by atoms with van der Waals surface area (Å²) in [5.74, 6) is 1.18. The molecule has 142 valence electrons. The Morgan fingerprint density at radius 2 is 1.96 bits per heavy atom. The van der Waals surface area contributed by atoms with Crippen molar-refractivity contribution in [3.8, 4) is 11.5 Å². The Kier molecular flexibility index (Phi) is 4.56. The van der Waals surface area contributed by atoms with E-state index in [1.807, 2.05) is 0 Å². The van der Waals surface area contributed by atoms with E-state index in [-0.39, 0.29) is 29.2 Å². The summed E-state index contributed by atoms with van der Waals surface area (Å²) in [5.41, 5.74) is 0.855. The van der Waals surface area contributed by atoms with E-state index in [9.17, 15) is 13.2 Å². The van der Waals surface area contributed by atoms with Crippen LogP contribution in [0.3, 0.4) is 0 Å². The number of aromatic nitrogens is 2. The van der Waals surface area contributed by atoms with Crippen LogP contribution in [0, 0.1) is 0 Å². The van der Waals surface area contributed by atoms with Gasteiger partial charge in [0.2, 0.25) is 5.95 Å². The molecule has 3 heterocycles. The van der Waals surface area contributed by atoms with Crippen LogP contribution in [-0.2, 0) is 9.84 Å². The molecule has 0 bridgehead atoms. The maximum atomic E-state index is 12.3. The van der Waals surface area contributed by atoms with Crippen molar-refractivity contribution in [1.29, 1.82) is 0 Å². The number of amides is 1.